The lowest BCUT2D eigenvalue weighted by Crippen LogP contribution is -2.12. The van der Waals surface area contributed by atoms with Gasteiger partial charge in [-0.3, -0.25) is 14.3 Å². The fourth-order valence-electron chi connectivity index (χ4n) is 2.64. The van der Waals surface area contributed by atoms with Crippen LogP contribution in [0, 0.1) is 13.8 Å². The Morgan fingerprint density at radius 2 is 1.89 bits per heavy atom. The van der Waals surface area contributed by atoms with E-state index in [1.165, 1.54) is 13.0 Å². The average Bonchev–Trinajstić information content (AvgIpc) is 2.88. The number of rotatable bonds is 7. The first-order chi connectivity index (χ1) is 12.8. The molecule has 0 spiro atoms. The van der Waals surface area contributed by atoms with Crippen LogP contribution in [-0.4, -0.2) is 21.6 Å². The number of halogens is 1. The number of carbonyl (C=O) groups is 2. The van der Waals surface area contributed by atoms with E-state index in [-0.39, 0.29) is 11.8 Å². The Balaban J connectivity index is 2.12. The van der Waals surface area contributed by atoms with E-state index in [0.29, 0.717) is 16.5 Å². The second kappa shape index (κ2) is 9.37. The molecule has 0 aliphatic rings. The molecular formula is C20H25ClN4O2. The van der Waals surface area contributed by atoms with Crippen molar-refractivity contribution in [2.75, 3.05) is 10.6 Å². The maximum Gasteiger partial charge on any atom is 0.248 e. The van der Waals surface area contributed by atoms with E-state index < -0.39 is 0 Å². The summed E-state index contributed by atoms with van der Waals surface area (Å²) in [6.07, 6.45) is 5.16. The topological polar surface area (TPSA) is 76.0 Å². The Morgan fingerprint density at radius 3 is 2.52 bits per heavy atom. The minimum absolute atomic E-state index is 0.160. The number of nitrogens with zero attached hydrogens (tertiary/aromatic N) is 2. The molecule has 2 aromatic rings. The summed E-state index contributed by atoms with van der Waals surface area (Å²) < 4.78 is 1.76. The van der Waals surface area contributed by atoms with Crippen LogP contribution in [0.25, 0.3) is 6.08 Å². The summed E-state index contributed by atoms with van der Waals surface area (Å²) in [5, 5.41) is 10.5. The zero-order valence-corrected chi connectivity index (χ0v) is 16.9. The fourth-order valence-corrected chi connectivity index (χ4v) is 2.96. The van der Waals surface area contributed by atoms with Crippen LogP contribution in [-0.2, 0) is 16.1 Å². The van der Waals surface area contributed by atoms with Gasteiger partial charge in [-0.1, -0.05) is 31.0 Å². The smallest absolute Gasteiger partial charge is 0.248 e. The standard InChI is InChI=1S/C20H25ClN4O2/c1-5-6-12-25-20(21)16(14(3)24-25)10-11-19(27)23-18-9-7-8-17(13(18)2)22-15(4)26/h7-11H,5-6,12H2,1-4H3,(H,22,26)(H,23,27)/b11-10+. The largest absolute Gasteiger partial charge is 0.326 e. The number of carbonyl (C=O) groups excluding carboxylic acids is 2. The van der Waals surface area contributed by atoms with Crippen molar-refractivity contribution in [3.05, 3.63) is 46.2 Å². The van der Waals surface area contributed by atoms with Crippen LogP contribution in [0.3, 0.4) is 0 Å². The highest BCUT2D eigenvalue weighted by Gasteiger charge is 2.11. The maximum atomic E-state index is 12.3. The molecule has 0 fully saturated rings. The minimum Gasteiger partial charge on any atom is -0.326 e. The lowest BCUT2D eigenvalue weighted by atomic mass is 10.1. The highest BCUT2D eigenvalue weighted by molar-refractivity contribution is 6.31. The monoisotopic (exact) mass is 388 g/mol. The molecule has 2 rings (SSSR count). The van der Waals surface area contributed by atoms with Gasteiger partial charge in [-0.05, 0) is 44.0 Å². The Morgan fingerprint density at radius 1 is 1.22 bits per heavy atom. The van der Waals surface area contributed by atoms with Crippen molar-refractivity contribution in [1.82, 2.24) is 9.78 Å². The van der Waals surface area contributed by atoms with Crippen molar-refractivity contribution >= 4 is 40.9 Å². The van der Waals surface area contributed by atoms with Crippen molar-refractivity contribution in [1.29, 1.82) is 0 Å². The zero-order chi connectivity index (χ0) is 20.0. The van der Waals surface area contributed by atoms with Gasteiger partial charge in [0.15, 0.2) is 0 Å². The summed E-state index contributed by atoms with van der Waals surface area (Å²) >= 11 is 6.38. The summed E-state index contributed by atoms with van der Waals surface area (Å²) in [5.41, 5.74) is 3.62. The molecule has 27 heavy (non-hydrogen) atoms. The number of benzene rings is 1. The first kappa shape index (κ1) is 20.7. The highest BCUT2D eigenvalue weighted by atomic mass is 35.5. The lowest BCUT2D eigenvalue weighted by molar-refractivity contribution is -0.114. The number of hydrogen-bond donors (Lipinski definition) is 2. The number of amides is 2. The van der Waals surface area contributed by atoms with Crippen LogP contribution in [0.5, 0.6) is 0 Å². The van der Waals surface area contributed by atoms with Gasteiger partial charge in [0.2, 0.25) is 11.8 Å². The second-order valence-electron chi connectivity index (χ2n) is 6.35. The zero-order valence-electron chi connectivity index (χ0n) is 16.1. The molecule has 144 valence electrons. The Bertz CT molecular complexity index is 871. The van der Waals surface area contributed by atoms with Crippen LogP contribution in [0.2, 0.25) is 5.15 Å². The fraction of sp³-hybridized carbons (Fsp3) is 0.350. The van der Waals surface area contributed by atoms with Crippen LogP contribution < -0.4 is 10.6 Å². The van der Waals surface area contributed by atoms with Crippen molar-refractivity contribution in [2.24, 2.45) is 0 Å². The molecule has 0 aliphatic heterocycles. The number of aromatic nitrogens is 2. The summed E-state index contributed by atoms with van der Waals surface area (Å²) in [6.45, 7) is 8.01. The van der Waals surface area contributed by atoms with Crippen molar-refractivity contribution in [2.45, 2.75) is 47.1 Å². The lowest BCUT2D eigenvalue weighted by Gasteiger charge is -2.11. The number of anilines is 2. The Hall–Kier alpha value is -2.60. The van der Waals surface area contributed by atoms with Gasteiger partial charge in [-0.15, -0.1) is 0 Å². The molecule has 0 saturated heterocycles. The number of aryl methyl sites for hydroxylation is 2. The minimum atomic E-state index is -0.283. The molecule has 6 nitrogen and oxygen atoms in total. The first-order valence-electron chi connectivity index (χ1n) is 8.92. The van der Waals surface area contributed by atoms with E-state index in [2.05, 4.69) is 22.7 Å². The van der Waals surface area contributed by atoms with Crippen LogP contribution >= 0.6 is 11.6 Å². The third-order valence-electron chi connectivity index (χ3n) is 4.14. The molecule has 7 heteroatoms. The molecule has 0 radical (unpaired) electrons. The quantitative estimate of drug-likeness (QED) is 0.682. The third kappa shape index (κ3) is 5.44. The molecule has 0 bridgehead atoms. The molecule has 1 aromatic carbocycles. The number of hydrogen-bond acceptors (Lipinski definition) is 3. The number of unbranched alkanes of at least 4 members (excludes halogenated alkanes) is 1. The van der Waals surface area contributed by atoms with Gasteiger partial charge in [-0.25, -0.2) is 0 Å². The Labute approximate surface area is 164 Å². The molecule has 0 atom stereocenters. The van der Waals surface area contributed by atoms with Crippen molar-refractivity contribution < 1.29 is 9.59 Å². The molecular weight excluding hydrogens is 364 g/mol. The SMILES string of the molecule is CCCCn1nc(C)c(/C=C/C(=O)Nc2cccc(NC(C)=O)c2C)c1Cl. The van der Waals surface area contributed by atoms with Crippen LogP contribution in [0.1, 0.15) is 43.5 Å². The summed E-state index contributed by atoms with van der Waals surface area (Å²) in [7, 11) is 0. The van der Waals surface area contributed by atoms with E-state index in [0.717, 1.165) is 36.2 Å². The average molecular weight is 389 g/mol. The van der Waals surface area contributed by atoms with Gasteiger partial charge < -0.3 is 10.6 Å². The molecule has 1 aromatic heterocycles. The molecule has 1 heterocycles. The summed E-state index contributed by atoms with van der Waals surface area (Å²) in [5.74, 6) is -0.443. The van der Waals surface area contributed by atoms with E-state index in [1.54, 1.807) is 29.0 Å². The van der Waals surface area contributed by atoms with Crippen LogP contribution in [0.15, 0.2) is 24.3 Å². The van der Waals surface area contributed by atoms with E-state index in [4.69, 9.17) is 11.6 Å². The van der Waals surface area contributed by atoms with Gasteiger partial charge in [0.25, 0.3) is 0 Å². The van der Waals surface area contributed by atoms with E-state index in [1.807, 2.05) is 13.8 Å². The van der Waals surface area contributed by atoms with E-state index in [9.17, 15) is 9.59 Å². The maximum absolute atomic E-state index is 12.3. The highest BCUT2D eigenvalue weighted by Crippen LogP contribution is 2.24. The first-order valence-corrected chi connectivity index (χ1v) is 9.30. The predicted octanol–water partition coefficient (Wildman–Crippen LogP) is 4.56. The second-order valence-corrected chi connectivity index (χ2v) is 6.71. The van der Waals surface area contributed by atoms with Gasteiger partial charge in [0.1, 0.15) is 5.15 Å². The normalized spacial score (nSPS) is 11.0. The predicted molar refractivity (Wildman–Crippen MR) is 110 cm³/mol. The van der Waals surface area contributed by atoms with Gasteiger partial charge in [0.05, 0.1) is 5.69 Å². The van der Waals surface area contributed by atoms with Crippen molar-refractivity contribution in [3.8, 4) is 0 Å². The van der Waals surface area contributed by atoms with Gasteiger partial charge in [0, 0.05) is 36.5 Å². The molecule has 0 aliphatic carbocycles. The molecule has 2 amide bonds. The molecule has 0 saturated carbocycles. The molecule has 2 N–H and O–H groups in total. The van der Waals surface area contributed by atoms with Gasteiger partial charge >= 0.3 is 0 Å². The third-order valence-corrected chi connectivity index (χ3v) is 4.54. The van der Waals surface area contributed by atoms with Crippen LogP contribution in [0.4, 0.5) is 11.4 Å². The van der Waals surface area contributed by atoms with Gasteiger partial charge in [-0.2, -0.15) is 5.10 Å². The number of nitrogens with one attached hydrogen (secondary N) is 2. The van der Waals surface area contributed by atoms with Crippen molar-refractivity contribution in [3.63, 3.8) is 0 Å². The Kier molecular flexibility index (Phi) is 7.19. The summed E-state index contributed by atoms with van der Waals surface area (Å²) in [6, 6.07) is 5.35. The molecule has 0 unspecified atom stereocenters. The van der Waals surface area contributed by atoms with E-state index >= 15 is 0 Å². The summed E-state index contributed by atoms with van der Waals surface area (Å²) in [4.78, 5) is 23.6.